The number of para-hydroxylation sites is 4. The van der Waals surface area contributed by atoms with Crippen LogP contribution in [-0.2, 0) is 0 Å². The highest BCUT2D eigenvalue weighted by molar-refractivity contribution is 6.15. The third-order valence-electron chi connectivity index (χ3n) is 9.72. The number of furan rings is 1. The molecule has 4 heteroatoms. The molecule has 2 heterocycles. The van der Waals surface area contributed by atoms with Gasteiger partial charge in [0, 0.05) is 27.6 Å². The number of nitrogens with zero attached hydrogens (tertiary/aromatic N) is 2. The summed E-state index contributed by atoms with van der Waals surface area (Å²) in [4.78, 5) is 7.17. The number of fused-ring (bicyclic) bond motifs is 5. The highest BCUT2D eigenvalue weighted by Gasteiger charge is 2.24. The maximum Gasteiger partial charge on any atom is 0.228 e. The third kappa shape index (κ3) is 4.88. The van der Waals surface area contributed by atoms with Gasteiger partial charge in [-0.3, -0.25) is 0 Å². The Morgan fingerprint density at radius 2 is 1.04 bits per heavy atom. The molecule has 0 bridgehead atoms. The summed E-state index contributed by atoms with van der Waals surface area (Å²) in [6, 6.07) is 63.4. The van der Waals surface area contributed by atoms with Gasteiger partial charge in [0.25, 0.3) is 0 Å². The fourth-order valence-corrected chi connectivity index (χ4v) is 7.38. The van der Waals surface area contributed by atoms with E-state index in [1.54, 1.807) is 0 Å². The van der Waals surface area contributed by atoms with Crippen molar-refractivity contribution in [3.8, 4) is 33.7 Å². The van der Waals surface area contributed by atoms with Crippen LogP contribution in [0.1, 0.15) is 0 Å². The molecule has 240 valence electrons. The highest BCUT2D eigenvalue weighted by atomic mass is 16.3. The van der Waals surface area contributed by atoms with E-state index >= 15 is 0 Å². The molecule has 10 aromatic rings. The Hall–Kier alpha value is -6.91. The topological polar surface area (TPSA) is 42.4 Å². The van der Waals surface area contributed by atoms with Crippen LogP contribution in [0, 0.1) is 0 Å². The van der Waals surface area contributed by atoms with Gasteiger partial charge < -0.3 is 13.7 Å². The van der Waals surface area contributed by atoms with E-state index in [9.17, 15) is 0 Å². The van der Waals surface area contributed by atoms with Crippen molar-refractivity contribution in [2.24, 2.45) is 0 Å². The summed E-state index contributed by atoms with van der Waals surface area (Å²) in [5.41, 5.74) is 11.7. The Balaban J connectivity index is 1.19. The predicted octanol–water partition coefficient (Wildman–Crippen LogP) is 13.4. The van der Waals surface area contributed by atoms with Crippen molar-refractivity contribution in [3.05, 3.63) is 182 Å². The van der Waals surface area contributed by atoms with Gasteiger partial charge in [-0.2, -0.15) is 0 Å². The molecule has 0 aliphatic heterocycles. The zero-order valence-corrected chi connectivity index (χ0v) is 27.5. The fourth-order valence-electron chi connectivity index (χ4n) is 7.38. The van der Waals surface area contributed by atoms with Gasteiger partial charge in [-0.1, -0.05) is 133 Å². The monoisotopic (exact) mass is 654 g/mol. The molecule has 51 heavy (non-hydrogen) atoms. The Morgan fingerprint density at radius 1 is 0.412 bits per heavy atom. The van der Waals surface area contributed by atoms with Crippen LogP contribution >= 0.6 is 0 Å². The standard InChI is InChI=1S/C47H30N2O2/c1-2-13-32(14-3-1)37-18-6-8-23-41(37)49(34-29-27-33(28-30-34)36-19-10-16-31-15-4-5-17-35(31)36)42-24-11-20-38-45-39(21-12-26-44(45)50-46(38)42)47-48-40-22-7-9-25-43(40)51-47/h1-30H. The third-order valence-corrected chi connectivity index (χ3v) is 9.72. The van der Waals surface area contributed by atoms with Gasteiger partial charge in [0.1, 0.15) is 11.1 Å². The SMILES string of the molecule is c1ccc(-c2ccccc2N(c2ccc(-c3cccc4ccccc34)cc2)c2cccc3c2oc2cccc(-c4nc5ccccc5o4)c23)cc1. The minimum atomic E-state index is 0.574. The molecule has 0 aliphatic rings. The van der Waals surface area contributed by atoms with Crippen molar-refractivity contribution in [1.29, 1.82) is 0 Å². The first-order valence-electron chi connectivity index (χ1n) is 17.1. The zero-order chi connectivity index (χ0) is 33.7. The average Bonchev–Trinajstić information content (AvgIpc) is 3.81. The van der Waals surface area contributed by atoms with E-state index in [0.717, 1.165) is 72.4 Å². The van der Waals surface area contributed by atoms with Crippen LogP contribution in [0.5, 0.6) is 0 Å². The van der Waals surface area contributed by atoms with E-state index < -0.39 is 0 Å². The largest absolute Gasteiger partial charge is 0.454 e. The molecule has 0 fully saturated rings. The fraction of sp³-hybridized carbons (Fsp3) is 0. The van der Waals surface area contributed by atoms with E-state index in [-0.39, 0.29) is 0 Å². The summed E-state index contributed by atoms with van der Waals surface area (Å²) >= 11 is 0. The lowest BCUT2D eigenvalue weighted by Gasteiger charge is -2.28. The molecule has 0 amide bonds. The molecule has 0 aliphatic carbocycles. The van der Waals surface area contributed by atoms with Crippen LogP contribution in [0.2, 0.25) is 0 Å². The van der Waals surface area contributed by atoms with Crippen molar-refractivity contribution in [2.75, 3.05) is 4.90 Å². The lowest BCUT2D eigenvalue weighted by Crippen LogP contribution is -2.11. The molecule has 0 saturated carbocycles. The number of oxazole rings is 1. The Labute approximate surface area is 294 Å². The van der Waals surface area contributed by atoms with Gasteiger partial charge in [0.05, 0.1) is 11.4 Å². The molecule has 0 atom stereocenters. The summed E-state index contributed by atoms with van der Waals surface area (Å²) in [5.74, 6) is 0.574. The van der Waals surface area contributed by atoms with E-state index in [4.69, 9.17) is 13.8 Å². The second-order valence-corrected chi connectivity index (χ2v) is 12.7. The van der Waals surface area contributed by atoms with Crippen LogP contribution in [0.3, 0.4) is 0 Å². The highest BCUT2D eigenvalue weighted by Crippen LogP contribution is 2.47. The normalized spacial score (nSPS) is 11.5. The number of hydrogen-bond donors (Lipinski definition) is 0. The van der Waals surface area contributed by atoms with Gasteiger partial charge in [-0.25, -0.2) is 4.98 Å². The number of anilines is 3. The molecule has 0 spiro atoms. The average molecular weight is 655 g/mol. The minimum absolute atomic E-state index is 0.574. The van der Waals surface area contributed by atoms with Gasteiger partial charge >= 0.3 is 0 Å². The van der Waals surface area contributed by atoms with Crippen molar-refractivity contribution in [3.63, 3.8) is 0 Å². The molecule has 0 saturated heterocycles. The molecular formula is C47H30N2O2. The summed E-state index contributed by atoms with van der Waals surface area (Å²) in [6.45, 7) is 0. The summed E-state index contributed by atoms with van der Waals surface area (Å²) in [6.07, 6.45) is 0. The zero-order valence-electron chi connectivity index (χ0n) is 27.5. The van der Waals surface area contributed by atoms with Crippen LogP contribution in [-0.4, -0.2) is 4.98 Å². The maximum atomic E-state index is 6.82. The summed E-state index contributed by atoms with van der Waals surface area (Å²) in [5, 5.41) is 4.44. The van der Waals surface area contributed by atoms with Gasteiger partial charge in [-0.05, 0) is 76.0 Å². The minimum Gasteiger partial charge on any atom is -0.454 e. The Kier molecular flexibility index (Phi) is 6.78. The smallest absolute Gasteiger partial charge is 0.228 e. The van der Waals surface area contributed by atoms with Crippen molar-refractivity contribution in [2.45, 2.75) is 0 Å². The molecule has 8 aromatic carbocycles. The number of benzene rings is 8. The molecule has 2 aromatic heterocycles. The van der Waals surface area contributed by atoms with Gasteiger partial charge in [0.15, 0.2) is 11.2 Å². The van der Waals surface area contributed by atoms with Crippen LogP contribution < -0.4 is 4.90 Å². The quantitative estimate of drug-likeness (QED) is 0.179. The van der Waals surface area contributed by atoms with E-state index in [0.29, 0.717) is 5.89 Å². The second kappa shape index (κ2) is 11.9. The molecule has 4 nitrogen and oxygen atoms in total. The number of hydrogen-bond acceptors (Lipinski definition) is 4. The molecule has 0 radical (unpaired) electrons. The predicted molar refractivity (Wildman–Crippen MR) is 210 cm³/mol. The van der Waals surface area contributed by atoms with E-state index in [2.05, 4.69) is 150 Å². The first-order valence-corrected chi connectivity index (χ1v) is 17.1. The lowest BCUT2D eigenvalue weighted by atomic mass is 9.97. The Morgan fingerprint density at radius 3 is 1.94 bits per heavy atom. The van der Waals surface area contributed by atoms with Crippen LogP contribution in [0.25, 0.3) is 77.5 Å². The van der Waals surface area contributed by atoms with E-state index in [1.165, 1.54) is 16.3 Å². The van der Waals surface area contributed by atoms with Crippen LogP contribution in [0.15, 0.2) is 191 Å². The van der Waals surface area contributed by atoms with Gasteiger partial charge in [0.2, 0.25) is 5.89 Å². The molecular weight excluding hydrogens is 625 g/mol. The first-order chi connectivity index (χ1) is 25.3. The number of aromatic nitrogens is 1. The van der Waals surface area contributed by atoms with Crippen molar-refractivity contribution < 1.29 is 8.83 Å². The van der Waals surface area contributed by atoms with E-state index in [1.807, 2.05) is 36.4 Å². The summed E-state index contributed by atoms with van der Waals surface area (Å²) in [7, 11) is 0. The first kappa shape index (κ1) is 29.0. The van der Waals surface area contributed by atoms with Crippen molar-refractivity contribution in [1.82, 2.24) is 4.98 Å². The lowest BCUT2D eigenvalue weighted by molar-refractivity contribution is 0.620. The van der Waals surface area contributed by atoms with Crippen molar-refractivity contribution >= 4 is 60.9 Å². The second-order valence-electron chi connectivity index (χ2n) is 12.7. The molecule has 0 N–H and O–H groups in total. The molecule has 0 unspecified atom stereocenters. The van der Waals surface area contributed by atoms with Crippen LogP contribution in [0.4, 0.5) is 17.1 Å². The number of rotatable bonds is 6. The Bertz CT molecular complexity index is 2830. The molecule has 10 rings (SSSR count). The maximum absolute atomic E-state index is 6.82. The van der Waals surface area contributed by atoms with Gasteiger partial charge in [-0.15, -0.1) is 0 Å². The summed E-state index contributed by atoms with van der Waals surface area (Å²) < 4.78 is 13.1.